The first-order valence-electron chi connectivity index (χ1n) is 9.35. The molecule has 146 valence electrons. The fourth-order valence-corrected chi connectivity index (χ4v) is 3.48. The lowest BCUT2D eigenvalue weighted by atomic mass is 10.1. The number of carbonyl (C=O) groups is 1. The fraction of sp³-hybridized carbons (Fsp3) is 0.350. The summed E-state index contributed by atoms with van der Waals surface area (Å²) in [6.45, 7) is 5.55. The van der Waals surface area contributed by atoms with Crippen LogP contribution in [-0.4, -0.2) is 58.6 Å². The summed E-state index contributed by atoms with van der Waals surface area (Å²) in [5.41, 5.74) is 3.17. The molecule has 2 heterocycles. The Morgan fingerprint density at radius 2 is 2.00 bits per heavy atom. The molecule has 1 saturated heterocycles. The standard InChI is InChI=1S/C20H22ClN5O2/c21-17-3-1-2-15(12-17)14-22-20(27)16-4-5-19-18(13-16)23-24-26(19)7-6-25-8-10-28-11-9-25/h1-5,12-13H,6-11,14H2,(H,22,27). The van der Waals surface area contributed by atoms with E-state index in [2.05, 4.69) is 20.5 Å². The molecule has 1 aromatic heterocycles. The Hall–Kier alpha value is -2.48. The second-order valence-electron chi connectivity index (χ2n) is 6.78. The fourth-order valence-electron chi connectivity index (χ4n) is 3.27. The number of benzene rings is 2. The molecular formula is C20H22ClN5O2. The molecule has 7 nitrogen and oxygen atoms in total. The normalized spacial score (nSPS) is 15.0. The van der Waals surface area contributed by atoms with E-state index in [1.165, 1.54) is 0 Å². The average Bonchev–Trinajstić information content (AvgIpc) is 3.13. The van der Waals surface area contributed by atoms with Gasteiger partial charge in [0, 0.05) is 36.8 Å². The van der Waals surface area contributed by atoms with Crippen LogP contribution < -0.4 is 5.32 Å². The molecule has 1 aliphatic heterocycles. The molecule has 2 aromatic carbocycles. The lowest BCUT2D eigenvalue weighted by Gasteiger charge is -2.26. The predicted octanol–water partition coefficient (Wildman–Crippen LogP) is 2.35. The molecule has 0 radical (unpaired) electrons. The summed E-state index contributed by atoms with van der Waals surface area (Å²) in [5.74, 6) is -0.148. The lowest BCUT2D eigenvalue weighted by Crippen LogP contribution is -2.38. The van der Waals surface area contributed by atoms with Crippen LogP contribution in [0.3, 0.4) is 0 Å². The first-order valence-corrected chi connectivity index (χ1v) is 9.73. The van der Waals surface area contributed by atoms with Gasteiger partial charge in [-0.25, -0.2) is 4.68 Å². The first-order chi connectivity index (χ1) is 13.7. The molecule has 1 fully saturated rings. The maximum absolute atomic E-state index is 12.5. The molecular weight excluding hydrogens is 378 g/mol. The second-order valence-corrected chi connectivity index (χ2v) is 7.22. The van der Waals surface area contributed by atoms with E-state index in [-0.39, 0.29) is 5.91 Å². The van der Waals surface area contributed by atoms with Crippen LogP contribution in [0.25, 0.3) is 11.0 Å². The van der Waals surface area contributed by atoms with Crippen molar-refractivity contribution >= 4 is 28.5 Å². The summed E-state index contributed by atoms with van der Waals surface area (Å²) >= 11 is 5.98. The van der Waals surface area contributed by atoms with Gasteiger partial charge in [-0.3, -0.25) is 9.69 Å². The third-order valence-corrected chi connectivity index (χ3v) is 5.09. The van der Waals surface area contributed by atoms with Gasteiger partial charge in [-0.1, -0.05) is 28.9 Å². The smallest absolute Gasteiger partial charge is 0.251 e. The van der Waals surface area contributed by atoms with Gasteiger partial charge in [0.2, 0.25) is 0 Å². The second kappa shape index (κ2) is 8.68. The van der Waals surface area contributed by atoms with Gasteiger partial charge < -0.3 is 10.1 Å². The average molecular weight is 400 g/mol. The molecule has 1 aliphatic rings. The highest BCUT2D eigenvalue weighted by molar-refractivity contribution is 6.30. The third kappa shape index (κ3) is 4.49. The summed E-state index contributed by atoms with van der Waals surface area (Å²) in [6.07, 6.45) is 0. The number of nitrogens with one attached hydrogen (secondary N) is 1. The number of nitrogens with zero attached hydrogens (tertiary/aromatic N) is 4. The van der Waals surface area contributed by atoms with Crippen molar-refractivity contribution in [2.24, 2.45) is 0 Å². The minimum atomic E-state index is -0.148. The van der Waals surface area contributed by atoms with Crippen LogP contribution in [0.2, 0.25) is 5.02 Å². The van der Waals surface area contributed by atoms with E-state index in [1.807, 2.05) is 41.1 Å². The topological polar surface area (TPSA) is 72.3 Å². The van der Waals surface area contributed by atoms with E-state index in [1.54, 1.807) is 6.07 Å². The third-order valence-electron chi connectivity index (χ3n) is 4.85. The number of rotatable bonds is 6. The van der Waals surface area contributed by atoms with Crippen molar-refractivity contribution in [3.63, 3.8) is 0 Å². The number of amides is 1. The van der Waals surface area contributed by atoms with Gasteiger partial charge in [0.15, 0.2) is 0 Å². The first kappa shape index (κ1) is 18.9. The molecule has 8 heteroatoms. The summed E-state index contributed by atoms with van der Waals surface area (Å²) in [6, 6.07) is 12.9. The summed E-state index contributed by atoms with van der Waals surface area (Å²) in [7, 11) is 0. The Balaban J connectivity index is 1.39. The number of carbonyl (C=O) groups excluding carboxylic acids is 1. The summed E-state index contributed by atoms with van der Waals surface area (Å²) < 4.78 is 7.26. The Morgan fingerprint density at radius 3 is 2.82 bits per heavy atom. The van der Waals surface area contributed by atoms with Crippen molar-refractivity contribution in [3.8, 4) is 0 Å². The molecule has 3 aromatic rings. The van der Waals surface area contributed by atoms with Crippen molar-refractivity contribution in [1.29, 1.82) is 0 Å². The molecule has 0 atom stereocenters. The number of morpholine rings is 1. The Labute approximate surface area is 168 Å². The van der Waals surface area contributed by atoms with E-state index in [0.717, 1.165) is 56.0 Å². The van der Waals surface area contributed by atoms with Crippen molar-refractivity contribution < 1.29 is 9.53 Å². The molecule has 1 amide bonds. The number of aromatic nitrogens is 3. The van der Waals surface area contributed by atoms with Crippen molar-refractivity contribution in [2.45, 2.75) is 13.1 Å². The van der Waals surface area contributed by atoms with Gasteiger partial charge >= 0.3 is 0 Å². The molecule has 28 heavy (non-hydrogen) atoms. The number of ether oxygens (including phenoxy) is 1. The highest BCUT2D eigenvalue weighted by atomic mass is 35.5. The zero-order chi connectivity index (χ0) is 19.3. The molecule has 0 spiro atoms. The highest BCUT2D eigenvalue weighted by Crippen LogP contribution is 2.15. The number of halogens is 1. The van der Waals surface area contributed by atoms with Crippen LogP contribution in [0.15, 0.2) is 42.5 Å². The van der Waals surface area contributed by atoms with Gasteiger partial charge in [-0.05, 0) is 35.9 Å². The van der Waals surface area contributed by atoms with E-state index < -0.39 is 0 Å². The Morgan fingerprint density at radius 1 is 1.14 bits per heavy atom. The van der Waals surface area contributed by atoms with Gasteiger partial charge in [0.25, 0.3) is 5.91 Å². The highest BCUT2D eigenvalue weighted by Gasteiger charge is 2.13. The van der Waals surface area contributed by atoms with E-state index in [4.69, 9.17) is 16.3 Å². The van der Waals surface area contributed by atoms with Crippen molar-refractivity contribution in [2.75, 3.05) is 32.8 Å². The summed E-state index contributed by atoms with van der Waals surface area (Å²) in [4.78, 5) is 14.8. The van der Waals surface area contributed by atoms with Crippen molar-refractivity contribution in [3.05, 3.63) is 58.6 Å². The molecule has 0 saturated carbocycles. The SMILES string of the molecule is O=C(NCc1cccc(Cl)c1)c1ccc2c(c1)nnn2CCN1CCOCC1. The monoisotopic (exact) mass is 399 g/mol. The van der Waals surface area contributed by atoms with Gasteiger partial charge in [-0.2, -0.15) is 0 Å². The van der Waals surface area contributed by atoms with Gasteiger partial charge in [-0.15, -0.1) is 5.10 Å². The maximum atomic E-state index is 12.5. The van der Waals surface area contributed by atoms with Crippen LogP contribution >= 0.6 is 11.6 Å². The number of hydrogen-bond donors (Lipinski definition) is 1. The lowest BCUT2D eigenvalue weighted by molar-refractivity contribution is 0.0360. The van der Waals surface area contributed by atoms with Crippen LogP contribution in [0, 0.1) is 0 Å². The molecule has 4 rings (SSSR count). The Bertz CT molecular complexity index is 968. The van der Waals surface area contributed by atoms with Crippen LogP contribution in [-0.2, 0) is 17.8 Å². The minimum absolute atomic E-state index is 0.148. The number of fused-ring (bicyclic) bond motifs is 1. The van der Waals surface area contributed by atoms with E-state index >= 15 is 0 Å². The molecule has 1 N–H and O–H groups in total. The largest absolute Gasteiger partial charge is 0.379 e. The minimum Gasteiger partial charge on any atom is -0.379 e. The molecule has 0 bridgehead atoms. The van der Waals surface area contributed by atoms with Crippen LogP contribution in [0.4, 0.5) is 0 Å². The zero-order valence-electron chi connectivity index (χ0n) is 15.5. The summed E-state index contributed by atoms with van der Waals surface area (Å²) in [5, 5.41) is 12.0. The zero-order valence-corrected chi connectivity index (χ0v) is 16.2. The Kier molecular flexibility index (Phi) is 5.85. The van der Waals surface area contributed by atoms with Gasteiger partial charge in [0.05, 0.1) is 25.3 Å². The van der Waals surface area contributed by atoms with E-state index in [0.29, 0.717) is 17.1 Å². The van der Waals surface area contributed by atoms with Crippen molar-refractivity contribution in [1.82, 2.24) is 25.2 Å². The molecule has 0 unspecified atom stereocenters. The van der Waals surface area contributed by atoms with E-state index in [9.17, 15) is 4.79 Å². The molecule has 0 aliphatic carbocycles. The van der Waals surface area contributed by atoms with Gasteiger partial charge in [0.1, 0.15) is 5.52 Å². The quantitative estimate of drug-likeness (QED) is 0.688. The predicted molar refractivity (Wildman–Crippen MR) is 107 cm³/mol. The van der Waals surface area contributed by atoms with Crippen LogP contribution in [0.5, 0.6) is 0 Å². The number of hydrogen-bond acceptors (Lipinski definition) is 5. The maximum Gasteiger partial charge on any atom is 0.251 e. The van der Waals surface area contributed by atoms with Crippen LogP contribution in [0.1, 0.15) is 15.9 Å².